The normalized spacial score (nSPS) is 12.0. The van der Waals surface area contributed by atoms with Crippen molar-refractivity contribution in [3.63, 3.8) is 0 Å². The molecule has 1 N–H and O–H groups in total. The van der Waals surface area contributed by atoms with Gasteiger partial charge in [-0.2, -0.15) is 0 Å². The van der Waals surface area contributed by atoms with Crippen LogP contribution in [0.4, 0.5) is 0 Å². The number of hydrogen-bond acceptors (Lipinski definition) is 5. The molecule has 1 rings (SSSR count). The van der Waals surface area contributed by atoms with E-state index >= 15 is 0 Å². The number of nitrogens with zero attached hydrogens (tertiary/aromatic N) is 3. The monoisotopic (exact) mass is 311 g/mol. The quantitative estimate of drug-likeness (QED) is 0.640. The molecule has 116 valence electrons. The summed E-state index contributed by atoms with van der Waals surface area (Å²) in [5.41, 5.74) is 0.977. The van der Waals surface area contributed by atoms with Crippen LogP contribution in [0.2, 0.25) is 0 Å². The van der Waals surface area contributed by atoms with Crippen LogP contribution < -0.4 is 0 Å². The molecule has 21 heavy (non-hydrogen) atoms. The van der Waals surface area contributed by atoms with Gasteiger partial charge in [0.2, 0.25) is 0 Å². The van der Waals surface area contributed by atoms with Gasteiger partial charge in [-0.1, -0.05) is 6.92 Å². The minimum atomic E-state index is -1.03. The fourth-order valence-corrected chi connectivity index (χ4v) is 2.68. The van der Waals surface area contributed by atoms with Gasteiger partial charge in [-0.25, -0.2) is 9.97 Å². The molecule has 0 aliphatic carbocycles. The summed E-state index contributed by atoms with van der Waals surface area (Å²) in [7, 11) is 0. The lowest BCUT2D eigenvalue weighted by Crippen LogP contribution is -2.42. The Morgan fingerprint density at radius 3 is 2.43 bits per heavy atom. The van der Waals surface area contributed by atoms with Crippen molar-refractivity contribution >= 4 is 23.6 Å². The van der Waals surface area contributed by atoms with E-state index in [0.717, 1.165) is 0 Å². The molecule has 6 nitrogen and oxygen atoms in total. The Morgan fingerprint density at radius 1 is 1.33 bits per heavy atom. The highest BCUT2D eigenvalue weighted by Crippen LogP contribution is 2.23. The number of aliphatic carboxylic acids is 1. The minimum Gasteiger partial charge on any atom is -0.480 e. The molecule has 1 unspecified atom stereocenters. The van der Waals surface area contributed by atoms with E-state index in [0.29, 0.717) is 28.5 Å². The first kappa shape index (κ1) is 17.4. The van der Waals surface area contributed by atoms with Gasteiger partial charge in [0.25, 0.3) is 5.91 Å². The molecule has 0 fully saturated rings. The van der Waals surface area contributed by atoms with E-state index in [1.165, 1.54) is 16.7 Å². The molecule has 0 saturated carbocycles. The van der Waals surface area contributed by atoms with Crippen LogP contribution in [0.1, 0.15) is 42.1 Å². The number of carboxylic acid groups (broad SMARTS) is 1. The summed E-state index contributed by atoms with van der Waals surface area (Å²) in [6.07, 6.45) is 2.52. The van der Waals surface area contributed by atoms with Gasteiger partial charge < -0.3 is 10.0 Å². The van der Waals surface area contributed by atoms with Crippen LogP contribution in [0.25, 0.3) is 0 Å². The fourth-order valence-electron chi connectivity index (χ4n) is 2.01. The third kappa shape index (κ3) is 4.17. The predicted octanol–water partition coefficient (Wildman–Crippen LogP) is 2.14. The number of aromatic nitrogens is 2. The van der Waals surface area contributed by atoms with Gasteiger partial charge in [0.05, 0.1) is 11.3 Å². The van der Waals surface area contributed by atoms with E-state index < -0.39 is 5.97 Å². The lowest BCUT2D eigenvalue weighted by molar-refractivity contribution is -0.138. The maximum Gasteiger partial charge on any atom is 0.323 e. The van der Waals surface area contributed by atoms with Crippen molar-refractivity contribution in [1.29, 1.82) is 0 Å². The number of amides is 1. The molecule has 0 aromatic carbocycles. The van der Waals surface area contributed by atoms with Crippen molar-refractivity contribution in [1.82, 2.24) is 14.9 Å². The van der Waals surface area contributed by atoms with Gasteiger partial charge in [0.1, 0.15) is 17.4 Å². The molecule has 0 spiro atoms. The maximum absolute atomic E-state index is 12.8. The lowest BCUT2D eigenvalue weighted by Gasteiger charge is -2.28. The number of carbonyl (C=O) groups is 2. The summed E-state index contributed by atoms with van der Waals surface area (Å²) >= 11 is 1.36. The van der Waals surface area contributed by atoms with Crippen LogP contribution in [-0.4, -0.2) is 50.7 Å². The molecule has 0 radical (unpaired) electrons. The third-order valence-corrected chi connectivity index (χ3v) is 3.95. The van der Waals surface area contributed by atoms with Crippen LogP contribution >= 0.6 is 11.8 Å². The SMILES string of the molecule is CCC(C)N(CC(=O)O)C(=O)c1c(C)nc(C)nc1SC. The number of carboxylic acids is 1. The molecule has 7 heteroatoms. The molecule has 1 atom stereocenters. The van der Waals surface area contributed by atoms with Gasteiger partial charge in [-0.05, 0) is 33.4 Å². The first-order valence-corrected chi connectivity index (χ1v) is 7.96. The van der Waals surface area contributed by atoms with Crippen LogP contribution in [0.15, 0.2) is 5.03 Å². The summed E-state index contributed by atoms with van der Waals surface area (Å²) in [6, 6.07) is -0.163. The second-order valence-corrected chi connectivity index (χ2v) is 5.62. The fraction of sp³-hybridized carbons (Fsp3) is 0.571. The van der Waals surface area contributed by atoms with E-state index in [1.807, 2.05) is 20.1 Å². The predicted molar refractivity (Wildman–Crippen MR) is 81.7 cm³/mol. The van der Waals surface area contributed by atoms with Gasteiger partial charge in [-0.3, -0.25) is 9.59 Å². The zero-order valence-corrected chi connectivity index (χ0v) is 13.8. The molecule has 1 aromatic rings. The summed E-state index contributed by atoms with van der Waals surface area (Å²) in [5, 5.41) is 9.62. The van der Waals surface area contributed by atoms with Gasteiger partial charge in [0, 0.05) is 6.04 Å². The van der Waals surface area contributed by atoms with Crippen molar-refractivity contribution in [3.8, 4) is 0 Å². The number of aryl methyl sites for hydroxylation is 2. The lowest BCUT2D eigenvalue weighted by atomic mass is 10.1. The molecule has 1 amide bonds. The Balaban J connectivity index is 3.29. The van der Waals surface area contributed by atoms with Crippen LogP contribution in [0, 0.1) is 13.8 Å². The Labute approximate surface area is 129 Å². The molecular formula is C14H21N3O3S. The van der Waals surface area contributed by atoms with E-state index in [2.05, 4.69) is 9.97 Å². The smallest absolute Gasteiger partial charge is 0.323 e. The van der Waals surface area contributed by atoms with Gasteiger partial charge >= 0.3 is 5.97 Å². The second kappa shape index (κ2) is 7.40. The Bertz CT molecular complexity index is 549. The number of thioether (sulfide) groups is 1. The zero-order valence-electron chi connectivity index (χ0n) is 13.0. The zero-order chi connectivity index (χ0) is 16.2. The van der Waals surface area contributed by atoms with E-state index in [-0.39, 0.29) is 18.5 Å². The van der Waals surface area contributed by atoms with Crippen molar-refractivity contribution in [2.45, 2.75) is 45.2 Å². The summed E-state index contributed by atoms with van der Waals surface area (Å²) in [5.74, 6) is -0.754. The van der Waals surface area contributed by atoms with E-state index in [1.54, 1.807) is 13.8 Å². The van der Waals surface area contributed by atoms with Crippen molar-refractivity contribution < 1.29 is 14.7 Å². The average molecular weight is 311 g/mol. The van der Waals surface area contributed by atoms with Crippen molar-refractivity contribution in [2.75, 3.05) is 12.8 Å². The van der Waals surface area contributed by atoms with Gasteiger partial charge in [-0.15, -0.1) is 11.8 Å². The largest absolute Gasteiger partial charge is 0.480 e. The Morgan fingerprint density at radius 2 is 1.95 bits per heavy atom. The number of hydrogen-bond donors (Lipinski definition) is 1. The highest BCUT2D eigenvalue weighted by molar-refractivity contribution is 7.98. The van der Waals surface area contributed by atoms with E-state index in [9.17, 15) is 9.59 Å². The number of carbonyl (C=O) groups excluding carboxylic acids is 1. The van der Waals surface area contributed by atoms with Crippen LogP contribution in [0.5, 0.6) is 0 Å². The Hall–Kier alpha value is -1.63. The molecular weight excluding hydrogens is 290 g/mol. The van der Waals surface area contributed by atoms with Crippen molar-refractivity contribution in [3.05, 3.63) is 17.1 Å². The minimum absolute atomic E-state index is 0.163. The highest BCUT2D eigenvalue weighted by Gasteiger charge is 2.27. The standard InChI is InChI=1S/C14H21N3O3S/c1-6-8(2)17(7-11(18)19)14(20)12-9(3)15-10(4)16-13(12)21-5/h8H,6-7H2,1-5H3,(H,18,19). The van der Waals surface area contributed by atoms with Gasteiger partial charge in [0.15, 0.2) is 0 Å². The third-order valence-electron chi connectivity index (χ3n) is 3.27. The number of rotatable bonds is 6. The molecule has 0 aliphatic rings. The topological polar surface area (TPSA) is 83.4 Å². The molecule has 0 bridgehead atoms. The molecule has 0 saturated heterocycles. The molecule has 0 aliphatic heterocycles. The second-order valence-electron chi connectivity index (χ2n) is 4.82. The molecule has 1 heterocycles. The molecule has 1 aromatic heterocycles. The van der Waals surface area contributed by atoms with E-state index in [4.69, 9.17) is 5.11 Å². The average Bonchev–Trinajstić information content (AvgIpc) is 2.42. The highest BCUT2D eigenvalue weighted by atomic mass is 32.2. The summed E-state index contributed by atoms with van der Waals surface area (Å²) < 4.78 is 0. The first-order chi connectivity index (χ1) is 9.81. The van der Waals surface area contributed by atoms with Crippen LogP contribution in [-0.2, 0) is 4.79 Å². The first-order valence-electron chi connectivity index (χ1n) is 6.73. The Kier molecular flexibility index (Phi) is 6.14. The maximum atomic E-state index is 12.8. The van der Waals surface area contributed by atoms with Crippen molar-refractivity contribution in [2.24, 2.45) is 0 Å². The van der Waals surface area contributed by atoms with Crippen LogP contribution in [0.3, 0.4) is 0 Å². The summed E-state index contributed by atoms with van der Waals surface area (Å²) in [6.45, 7) is 6.95. The summed E-state index contributed by atoms with van der Waals surface area (Å²) in [4.78, 5) is 33.7.